The third kappa shape index (κ3) is 4.85. The second-order valence-electron chi connectivity index (χ2n) is 7.72. The highest BCUT2D eigenvalue weighted by Gasteiger charge is 2.26. The molecule has 1 aliphatic heterocycles. The normalized spacial score (nSPS) is 16.3. The maximum absolute atomic E-state index is 12.8. The fourth-order valence-electron chi connectivity index (χ4n) is 4.08. The van der Waals surface area contributed by atoms with Crippen molar-refractivity contribution < 1.29 is 9.53 Å². The summed E-state index contributed by atoms with van der Waals surface area (Å²) in [4.78, 5) is 24.0. The van der Waals surface area contributed by atoms with Crippen LogP contribution in [0.1, 0.15) is 41.4 Å². The summed E-state index contributed by atoms with van der Waals surface area (Å²) in [5.74, 6) is 1.29. The Bertz CT molecular complexity index is 990. The van der Waals surface area contributed by atoms with Gasteiger partial charge in [-0.05, 0) is 43.2 Å². The quantitative estimate of drug-likeness (QED) is 0.626. The maximum Gasteiger partial charge on any atom is 0.228 e. The van der Waals surface area contributed by atoms with Crippen LogP contribution < -0.4 is 4.74 Å². The number of benzene rings is 1. The number of nitrogens with zero attached hydrogens (tertiary/aromatic N) is 3. The van der Waals surface area contributed by atoms with Crippen molar-refractivity contribution in [2.75, 3.05) is 20.2 Å². The first-order chi connectivity index (χ1) is 14.7. The SMILES string of the molecule is COc1ccccc1Cc1cccc(C2CCCN(C(=O)Cc3ccccn3)C2)n1. The summed E-state index contributed by atoms with van der Waals surface area (Å²) < 4.78 is 5.48. The molecule has 4 rings (SSSR count). The minimum atomic E-state index is 0.142. The van der Waals surface area contributed by atoms with Crippen LogP contribution in [0.3, 0.4) is 0 Å². The summed E-state index contributed by atoms with van der Waals surface area (Å²) in [7, 11) is 1.70. The van der Waals surface area contributed by atoms with Gasteiger partial charge in [0, 0.05) is 54.3 Å². The van der Waals surface area contributed by atoms with Crippen molar-refractivity contribution in [3.05, 3.63) is 89.5 Å². The Kier molecular flexibility index (Phi) is 6.38. The molecule has 154 valence electrons. The van der Waals surface area contributed by atoms with E-state index >= 15 is 0 Å². The number of amides is 1. The van der Waals surface area contributed by atoms with Gasteiger partial charge in [0.2, 0.25) is 5.91 Å². The van der Waals surface area contributed by atoms with Gasteiger partial charge in [-0.15, -0.1) is 0 Å². The summed E-state index contributed by atoms with van der Waals surface area (Å²) in [5, 5.41) is 0. The van der Waals surface area contributed by atoms with Crippen LogP contribution in [0, 0.1) is 0 Å². The number of carbonyl (C=O) groups is 1. The van der Waals surface area contributed by atoms with Crippen molar-refractivity contribution in [3.63, 3.8) is 0 Å². The fourth-order valence-corrected chi connectivity index (χ4v) is 4.08. The number of methoxy groups -OCH3 is 1. The fraction of sp³-hybridized carbons (Fsp3) is 0.320. The molecule has 1 aliphatic rings. The van der Waals surface area contributed by atoms with E-state index in [9.17, 15) is 4.79 Å². The van der Waals surface area contributed by atoms with Gasteiger partial charge in [-0.3, -0.25) is 14.8 Å². The van der Waals surface area contributed by atoms with Crippen molar-refractivity contribution in [1.82, 2.24) is 14.9 Å². The number of piperidine rings is 1. The number of hydrogen-bond donors (Lipinski definition) is 0. The molecular formula is C25H27N3O2. The minimum Gasteiger partial charge on any atom is -0.496 e. The van der Waals surface area contributed by atoms with Crippen molar-refractivity contribution in [2.45, 2.75) is 31.6 Å². The minimum absolute atomic E-state index is 0.142. The van der Waals surface area contributed by atoms with Gasteiger partial charge in [-0.1, -0.05) is 30.3 Å². The highest BCUT2D eigenvalue weighted by Crippen LogP contribution is 2.27. The van der Waals surface area contributed by atoms with Crippen LogP contribution in [0.2, 0.25) is 0 Å². The lowest BCUT2D eigenvalue weighted by Gasteiger charge is -2.32. The van der Waals surface area contributed by atoms with Crippen LogP contribution in [0.5, 0.6) is 5.75 Å². The summed E-state index contributed by atoms with van der Waals surface area (Å²) in [6.07, 6.45) is 4.87. The molecule has 1 aromatic carbocycles. The first kappa shape index (κ1) is 20.1. The van der Waals surface area contributed by atoms with Crippen molar-refractivity contribution >= 4 is 5.91 Å². The van der Waals surface area contributed by atoms with Gasteiger partial charge in [-0.2, -0.15) is 0 Å². The lowest BCUT2D eigenvalue weighted by Crippen LogP contribution is -2.40. The first-order valence-electron chi connectivity index (χ1n) is 10.5. The molecule has 2 aromatic heterocycles. The zero-order valence-electron chi connectivity index (χ0n) is 17.3. The molecule has 0 aliphatic carbocycles. The second-order valence-corrected chi connectivity index (χ2v) is 7.72. The van der Waals surface area contributed by atoms with E-state index in [0.29, 0.717) is 6.42 Å². The Morgan fingerprint density at radius 3 is 2.73 bits per heavy atom. The van der Waals surface area contributed by atoms with Gasteiger partial charge in [0.05, 0.1) is 13.5 Å². The van der Waals surface area contributed by atoms with E-state index in [0.717, 1.165) is 60.7 Å². The number of pyridine rings is 2. The molecule has 0 bridgehead atoms. The molecule has 1 amide bonds. The monoisotopic (exact) mass is 401 g/mol. The van der Waals surface area contributed by atoms with Gasteiger partial charge >= 0.3 is 0 Å². The molecule has 1 fully saturated rings. The largest absolute Gasteiger partial charge is 0.496 e. The Balaban J connectivity index is 1.44. The molecular weight excluding hydrogens is 374 g/mol. The van der Waals surface area contributed by atoms with Gasteiger partial charge in [-0.25, -0.2) is 0 Å². The van der Waals surface area contributed by atoms with E-state index in [2.05, 4.69) is 29.2 Å². The van der Waals surface area contributed by atoms with Crippen LogP contribution in [0.15, 0.2) is 66.9 Å². The lowest BCUT2D eigenvalue weighted by molar-refractivity contribution is -0.131. The molecule has 0 N–H and O–H groups in total. The lowest BCUT2D eigenvalue weighted by atomic mass is 9.93. The average molecular weight is 402 g/mol. The van der Waals surface area contributed by atoms with E-state index in [-0.39, 0.29) is 11.8 Å². The van der Waals surface area contributed by atoms with Crippen molar-refractivity contribution in [2.24, 2.45) is 0 Å². The number of rotatable bonds is 6. The topological polar surface area (TPSA) is 55.3 Å². The highest BCUT2D eigenvalue weighted by molar-refractivity contribution is 5.78. The zero-order valence-corrected chi connectivity index (χ0v) is 17.3. The summed E-state index contributed by atoms with van der Waals surface area (Å²) in [6.45, 7) is 1.53. The number of ether oxygens (including phenoxy) is 1. The Hall–Kier alpha value is -3.21. The molecule has 0 radical (unpaired) electrons. The van der Waals surface area contributed by atoms with Crippen LogP contribution in [0.25, 0.3) is 0 Å². The van der Waals surface area contributed by atoms with Crippen LogP contribution in [0.4, 0.5) is 0 Å². The van der Waals surface area contributed by atoms with E-state index in [1.807, 2.05) is 41.3 Å². The van der Waals surface area contributed by atoms with E-state index < -0.39 is 0 Å². The van der Waals surface area contributed by atoms with Crippen LogP contribution in [-0.4, -0.2) is 41.0 Å². The second kappa shape index (κ2) is 9.53. The van der Waals surface area contributed by atoms with E-state index in [4.69, 9.17) is 9.72 Å². The molecule has 3 aromatic rings. The van der Waals surface area contributed by atoms with E-state index in [1.165, 1.54) is 0 Å². The van der Waals surface area contributed by atoms with Gasteiger partial charge in [0.1, 0.15) is 5.75 Å². The molecule has 0 spiro atoms. The average Bonchev–Trinajstić information content (AvgIpc) is 2.80. The predicted octanol–water partition coefficient (Wildman–Crippen LogP) is 4.02. The number of carbonyl (C=O) groups excluding carboxylic acids is 1. The van der Waals surface area contributed by atoms with Crippen molar-refractivity contribution in [1.29, 1.82) is 0 Å². The molecule has 5 nitrogen and oxygen atoms in total. The maximum atomic E-state index is 12.8. The Morgan fingerprint density at radius 1 is 1.07 bits per heavy atom. The Morgan fingerprint density at radius 2 is 1.90 bits per heavy atom. The summed E-state index contributed by atoms with van der Waals surface area (Å²) in [5.41, 5.74) is 4.04. The summed E-state index contributed by atoms with van der Waals surface area (Å²) >= 11 is 0. The smallest absolute Gasteiger partial charge is 0.228 e. The molecule has 30 heavy (non-hydrogen) atoms. The zero-order chi connectivity index (χ0) is 20.8. The van der Waals surface area contributed by atoms with Gasteiger partial charge < -0.3 is 9.64 Å². The third-order valence-corrected chi connectivity index (χ3v) is 5.64. The van der Waals surface area contributed by atoms with Gasteiger partial charge in [0.15, 0.2) is 0 Å². The number of para-hydroxylation sites is 1. The molecule has 1 unspecified atom stereocenters. The predicted molar refractivity (Wildman–Crippen MR) is 117 cm³/mol. The third-order valence-electron chi connectivity index (χ3n) is 5.64. The Labute approximate surface area is 177 Å². The highest BCUT2D eigenvalue weighted by atomic mass is 16.5. The molecule has 3 heterocycles. The number of likely N-dealkylation sites (tertiary alicyclic amines) is 1. The molecule has 1 atom stereocenters. The molecule has 5 heteroatoms. The number of aromatic nitrogens is 2. The van der Waals surface area contributed by atoms with Crippen LogP contribution in [-0.2, 0) is 17.6 Å². The molecule has 0 saturated carbocycles. The van der Waals surface area contributed by atoms with Crippen LogP contribution >= 0.6 is 0 Å². The van der Waals surface area contributed by atoms with E-state index in [1.54, 1.807) is 13.3 Å². The molecule has 1 saturated heterocycles. The first-order valence-corrected chi connectivity index (χ1v) is 10.5. The summed E-state index contributed by atoms with van der Waals surface area (Å²) in [6, 6.07) is 20.0. The van der Waals surface area contributed by atoms with Gasteiger partial charge in [0.25, 0.3) is 0 Å². The standard InChI is InChI=1S/C25H27N3O2/c1-30-24-13-3-2-8-19(24)16-22-11-6-12-23(27-22)20-9-7-15-28(18-20)25(29)17-21-10-4-5-14-26-21/h2-6,8,10-14,20H,7,9,15-18H2,1H3. The van der Waals surface area contributed by atoms with Crippen molar-refractivity contribution in [3.8, 4) is 5.75 Å². The number of hydrogen-bond acceptors (Lipinski definition) is 4.